The molecule has 5 aromatic rings. The van der Waals surface area contributed by atoms with Crippen LogP contribution in [0.1, 0.15) is 17.9 Å². The smallest absolute Gasteiger partial charge is 0.249 e. The molecule has 2 amide bonds. The van der Waals surface area contributed by atoms with E-state index in [4.69, 9.17) is 9.15 Å². The molecule has 0 aliphatic carbocycles. The number of ether oxygens (including phenoxy) is 1. The first kappa shape index (κ1) is 24.5. The lowest BCUT2D eigenvalue weighted by Crippen LogP contribution is -2.21. The van der Waals surface area contributed by atoms with Gasteiger partial charge in [-0.25, -0.2) is 13.3 Å². The van der Waals surface area contributed by atoms with Gasteiger partial charge in [0.05, 0.1) is 5.56 Å². The van der Waals surface area contributed by atoms with Crippen LogP contribution in [-0.2, 0) is 9.59 Å². The van der Waals surface area contributed by atoms with Crippen molar-refractivity contribution in [2.75, 3.05) is 10.6 Å². The third kappa shape index (κ3) is 5.16. The topological polar surface area (TPSA) is 137 Å². The summed E-state index contributed by atoms with van der Waals surface area (Å²) in [7, 11) is 0. The Kier molecular flexibility index (Phi) is 6.47. The van der Waals surface area contributed by atoms with Crippen molar-refractivity contribution in [1.82, 2.24) is 24.8 Å². The van der Waals surface area contributed by atoms with E-state index >= 15 is 0 Å². The van der Waals surface area contributed by atoms with Gasteiger partial charge < -0.3 is 19.8 Å². The molecule has 0 bridgehead atoms. The van der Waals surface area contributed by atoms with Crippen LogP contribution in [0.15, 0.2) is 59.4 Å². The molecule has 0 saturated heterocycles. The number of halogens is 2. The highest BCUT2D eigenvalue weighted by Gasteiger charge is 2.20. The number of aryl methyl sites for hydroxylation is 2. The molecule has 192 valence electrons. The molecule has 5 rings (SSSR count). The van der Waals surface area contributed by atoms with E-state index in [1.54, 1.807) is 20.0 Å². The molecule has 13 heteroatoms. The Bertz CT molecular complexity index is 1660. The number of hydrogen-bond acceptors (Lipinski definition) is 8. The fourth-order valence-corrected chi connectivity index (χ4v) is 3.68. The lowest BCUT2D eigenvalue weighted by atomic mass is 10.2. The van der Waals surface area contributed by atoms with Crippen LogP contribution in [0, 0.1) is 25.5 Å². The minimum absolute atomic E-state index is 0.0909. The minimum atomic E-state index is -0.771. The van der Waals surface area contributed by atoms with E-state index in [0.717, 1.165) is 6.07 Å². The number of anilines is 2. The quantitative estimate of drug-likeness (QED) is 0.301. The maximum Gasteiger partial charge on any atom is 0.249 e. The van der Waals surface area contributed by atoms with Gasteiger partial charge in [0.25, 0.3) is 0 Å². The van der Waals surface area contributed by atoms with Gasteiger partial charge in [0.15, 0.2) is 11.6 Å². The summed E-state index contributed by atoms with van der Waals surface area (Å²) in [5, 5.41) is 17.0. The van der Waals surface area contributed by atoms with Gasteiger partial charge in [-0.3, -0.25) is 9.59 Å². The van der Waals surface area contributed by atoms with Crippen molar-refractivity contribution in [2.45, 2.75) is 20.3 Å². The van der Waals surface area contributed by atoms with E-state index in [1.807, 2.05) is 0 Å². The van der Waals surface area contributed by atoms with Crippen molar-refractivity contribution < 1.29 is 27.5 Å². The number of fused-ring (bicyclic) bond motifs is 1. The van der Waals surface area contributed by atoms with Gasteiger partial charge in [0, 0.05) is 30.6 Å². The van der Waals surface area contributed by atoms with Crippen LogP contribution in [0.4, 0.5) is 20.2 Å². The predicted molar refractivity (Wildman–Crippen MR) is 131 cm³/mol. The van der Waals surface area contributed by atoms with Crippen molar-refractivity contribution in [2.24, 2.45) is 0 Å². The number of carbonyl (C=O) groups is 2. The van der Waals surface area contributed by atoms with Crippen molar-refractivity contribution in [3.8, 4) is 23.1 Å². The Hall–Kier alpha value is -5.20. The maximum absolute atomic E-state index is 14.9. The molecule has 0 radical (unpaired) electrons. The lowest BCUT2D eigenvalue weighted by Gasteiger charge is -2.10. The zero-order chi connectivity index (χ0) is 26.8. The maximum atomic E-state index is 14.9. The van der Waals surface area contributed by atoms with Gasteiger partial charge in [0.2, 0.25) is 29.5 Å². The van der Waals surface area contributed by atoms with Crippen LogP contribution in [0.3, 0.4) is 0 Å². The Labute approximate surface area is 213 Å². The fraction of sp³-hybridized carbons (Fsp3) is 0.120. The summed E-state index contributed by atoms with van der Waals surface area (Å²) in [6, 6.07) is 8.90. The Morgan fingerprint density at radius 2 is 1.71 bits per heavy atom. The second-order valence-corrected chi connectivity index (χ2v) is 8.18. The Morgan fingerprint density at radius 3 is 2.39 bits per heavy atom. The normalized spacial score (nSPS) is 10.9. The monoisotopic (exact) mass is 519 g/mol. The number of nitrogens with one attached hydrogen (secondary N) is 2. The van der Waals surface area contributed by atoms with E-state index < -0.39 is 29.9 Å². The summed E-state index contributed by atoms with van der Waals surface area (Å²) in [5.74, 6) is -1.85. The lowest BCUT2D eigenvalue weighted by molar-refractivity contribution is -0.123. The average molecular weight is 519 g/mol. The molecule has 11 nitrogen and oxygen atoms in total. The molecule has 0 unspecified atom stereocenters. The molecule has 0 fully saturated rings. The number of amides is 2. The van der Waals surface area contributed by atoms with Crippen LogP contribution in [0.25, 0.3) is 17.0 Å². The molecule has 2 N–H and O–H groups in total. The number of hydrogen-bond donors (Lipinski definition) is 2. The molecule has 0 spiro atoms. The molecular weight excluding hydrogens is 500 g/mol. The van der Waals surface area contributed by atoms with Crippen LogP contribution in [0.2, 0.25) is 0 Å². The molecule has 2 aromatic carbocycles. The second kappa shape index (κ2) is 10.0. The fourth-order valence-electron chi connectivity index (χ4n) is 3.68. The van der Waals surface area contributed by atoms with Crippen LogP contribution in [0.5, 0.6) is 11.6 Å². The Balaban J connectivity index is 1.28. The zero-order valence-electron chi connectivity index (χ0n) is 20.0. The summed E-state index contributed by atoms with van der Waals surface area (Å²) < 4.78 is 40.6. The van der Waals surface area contributed by atoms with E-state index in [1.165, 1.54) is 47.2 Å². The van der Waals surface area contributed by atoms with E-state index in [-0.39, 0.29) is 17.3 Å². The molecule has 38 heavy (non-hydrogen) atoms. The van der Waals surface area contributed by atoms with Gasteiger partial charge >= 0.3 is 0 Å². The van der Waals surface area contributed by atoms with Gasteiger partial charge in [0.1, 0.15) is 24.1 Å². The first-order chi connectivity index (χ1) is 18.3. The number of carbonyl (C=O) groups excluding carboxylic acids is 2. The number of nitrogens with zero attached hydrogens (tertiary/aromatic N) is 5. The average Bonchev–Trinajstić information content (AvgIpc) is 3.45. The summed E-state index contributed by atoms with van der Waals surface area (Å²) >= 11 is 0. The van der Waals surface area contributed by atoms with Crippen LogP contribution < -0.4 is 15.4 Å². The van der Waals surface area contributed by atoms with E-state index in [0.29, 0.717) is 34.1 Å². The minimum Gasteiger partial charge on any atom is -0.434 e. The summed E-state index contributed by atoms with van der Waals surface area (Å²) in [5.41, 5.74) is 2.25. The molecule has 3 heterocycles. The highest BCUT2D eigenvalue weighted by Crippen LogP contribution is 2.34. The predicted octanol–water partition coefficient (Wildman–Crippen LogP) is 4.43. The van der Waals surface area contributed by atoms with Gasteiger partial charge in [-0.2, -0.15) is 10.1 Å². The summed E-state index contributed by atoms with van der Waals surface area (Å²) in [4.78, 5) is 28.4. The van der Waals surface area contributed by atoms with Crippen molar-refractivity contribution >= 4 is 28.7 Å². The van der Waals surface area contributed by atoms with Gasteiger partial charge in [-0.05, 0) is 48.9 Å². The SMILES string of the molecule is Cc1nnc(-c2cn3ncnc(Oc4ccc(NC(=O)CC(=O)Nc5ccc(F)cc5)cc4F)c3c2C)o1. The third-order valence-corrected chi connectivity index (χ3v) is 5.42. The molecule has 0 saturated carbocycles. The van der Waals surface area contributed by atoms with Crippen LogP contribution in [-0.4, -0.2) is 36.6 Å². The molecular formula is C25H19F2N7O4. The van der Waals surface area contributed by atoms with Crippen molar-refractivity contribution in [3.05, 3.63) is 78.1 Å². The second-order valence-electron chi connectivity index (χ2n) is 8.18. The standard InChI is InChI=1S/C25H19F2N7O4/c1-13-18(24-33-32-14(2)37-24)11-34-23(13)25(28-12-29-34)38-20-8-7-17(9-19(20)27)31-22(36)10-21(35)30-16-5-3-15(26)4-6-16/h3-9,11-12H,10H2,1-2H3,(H,30,35)(H,31,36). The van der Waals surface area contributed by atoms with Gasteiger partial charge in [-0.15, -0.1) is 10.2 Å². The molecule has 0 atom stereocenters. The molecule has 0 aliphatic rings. The zero-order valence-corrected chi connectivity index (χ0v) is 20.0. The number of rotatable bonds is 7. The van der Waals surface area contributed by atoms with E-state index in [9.17, 15) is 18.4 Å². The van der Waals surface area contributed by atoms with Gasteiger partial charge in [-0.1, -0.05) is 0 Å². The first-order valence-electron chi connectivity index (χ1n) is 11.2. The molecule has 0 aliphatic heterocycles. The number of benzene rings is 2. The summed E-state index contributed by atoms with van der Waals surface area (Å²) in [6.07, 6.45) is 2.41. The van der Waals surface area contributed by atoms with Crippen LogP contribution >= 0.6 is 0 Å². The third-order valence-electron chi connectivity index (χ3n) is 5.42. The molecule has 3 aromatic heterocycles. The highest BCUT2D eigenvalue weighted by molar-refractivity contribution is 6.08. The Morgan fingerprint density at radius 1 is 1.00 bits per heavy atom. The van der Waals surface area contributed by atoms with Crippen molar-refractivity contribution in [1.29, 1.82) is 0 Å². The van der Waals surface area contributed by atoms with E-state index in [2.05, 4.69) is 30.9 Å². The largest absolute Gasteiger partial charge is 0.434 e. The summed E-state index contributed by atoms with van der Waals surface area (Å²) in [6.45, 7) is 3.47. The van der Waals surface area contributed by atoms with Crippen molar-refractivity contribution in [3.63, 3.8) is 0 Å². The highest BCUT2D eigenvalue weighted by atomic mass is 19.1. The first-order valence-corrected chi connectivity index (χ1v) is 11.2. The number of aromatic nitrogens is 5.